The van der Waals surface area contributed by atoms with Gasteiger partial charge in [-0.15, -0.1) is 5.11 Å². The van der Waals surface area contributed by atoms with Gasteiger partial charge < -0.3 is 0 Å². The molecule has 0 aliphatic carbocycles. The molecular formula is C5H9N3. The van der Waals surface area contributed by atoms with E-state index < -0.39 is 0 Å². The predicted octanol–water partition coefficient (Wildman–Crippen LogP) is 1.45. The van der Waals surface area contributed by atoms with Crippen LogP contribution in [0, 0.1) is 11.3 Å². The summed E-state index contributed by atoms with van der Waals surface area (Å²) in [5.74, 6) is 0.646. The quantitative estimate of drug-likeness (QED) is 0.492. The van der Waals surface area contributed by atoms with E-state index in [0.717, 1.165) is 0 Å². The SMILES string of the molecule is CC1N=NC(=N)C1C. The van der Waals surface area contributed by atoms with Crippen molar-refractivity contribution < 1.29 is 0 Å². The molecule has 0 aromatic carbocycles. The van der Waals surface area contributed by atoms with Gasteiger partial charge in [-0.05, 0) is 6.92 Å². The monoisotopic (exact) mass is 111 g/mol. The number of rotatable bonds is 0. The number of nitrogens with one attached hydrogen (secondary N) is 1. The van der Waals surface area contributed by atoms with Gasteiger partial charge in [0.25, 0.3) is 0 Å². The molecule has 0 aromatic rings. The van der Waals surface area contributed by atoms with Crippen LogP contribution in [0.15, 0.2) is 10.2 Å². The van der Waals surface area contributed by atoms with Crippen LogP contribution in [0.4, 0.5) is 0 Å². The average Bonchev–Trinajstić information content (AvgIpc) is 1.98. The molecular weight excluding hydrogens is 102 g/mol. The maximum atomic E-state index is 7.12. The molecule has 1 aliphatic rings. The topological polar surface area (TPSA) is 48.6 Å². The van der Waals surface area contributed by atoms with Gasteiger partial charge in [-0.3, -0.25) is 5.41 Å². The summed E-state index contributed by atoms with van der Waals surface area (Å²) in [4.78, 5) is 0. The van der Waals surface area contributed by atoms with Crippen LogP contribution >= 0.6 is 0 Å². The van der Waals surface area contributed by atoms with E-state index in [9.17, 15) is 0 Å². The third-order valence-electron chi connectivity index (χ3n) is 1.50. The second-order valence-corrected chi connectivity index (χ2v) is 2.13. The molecule has 0 amide bonds. The third-order valence-corrected chi connectivity index (χ3v) is 1.50. The molecule has 1 aliphatic heterocycles. The van der Waals surface area contributed by atoms with Crippen LogP contribution in [0.5, 0.6) is 0 Å². The summed E-state index contributed by atoms with van der Waals surface area (Å²) < 4.78 is 0. The minimum Gasteiger partial charge on any atom is -0.285 e. The summed E-state index contributed by atoms with van der Waals surface area (Å²) in [6.45, 7) is 3.93. The Morgan fingerprint density at radius 3 is 2.25 bits per heavy atom. The highest BCUT2D eigenvalue weighted by Gasteiger charge is 2.21. The van der Waals surface area contributed by atoms with Crippen molar-refractivity contribution >= 4 is 5.84 Å². The number of nitrogens with zero attached hydrogens (tertiary/aromatic N) is 2. The zero-order valence-corrected chi connectivity index (χ0v) is 5.05. The Morgan fingerprint density at radius 2 is 2.12 bits per heavy atom. The van der Waals surface area contributed by atoms with Crippen molar-refractivity contribution in [3.63, 3.8) is 0 Å². The van der Waals surface area contributed by atoms with E-state index in [-0.39, 0.29) is 12.0 Å². The van der Waals surface area contributed by atoms with Crippen molar-refractivity contribution in [1.29, 1.82) is 5.41 Å². The van der Waals surface area contributed by atoms with E-state index >= 15 is 0 Å². The molecule has 0 fully saturated rings. The lowest BCUT2D eigenvalue weighted by atomic mass is 10.1. The van der Waals surface area contributed by atoms with Crippen molar-refractivity contribution in [2.45, 2.75) is 19.9 Å². The Hall–Kier alpha value is -0.730. The molecule has 3 nitrogen and oxygen atoms in total. The normalized spacial score (nSPS) is 36.5. The van der Waals surface area contributed by atoms with Gasteiger partial charge in [0.05, 0.1) is 6.04 Å². The summed E-state index contributed by atoms with van der Waals surface area (Å²) in [5, 5.41) is 14.5. The van der Waals surface area contributed by atoms with E-state index in [4.69, 9.17) is 5.41 Å². The van der Waals surface area contributed by atoms with Gasteiger partial charge in [-0.2, -0.15) is 5.11 Å². The highest BCUT2D eigenvalue weighted by molar-refractivity contribution is 5.83. The largest absolute Gasteiger partial charge is 0.285 e. The fraction of sp³-hybridized carbons (Fsp3) is 0.800. The van der Waals surface area contributed by atoms with Crippen molar-refractivity contribution in [2.75, 3.05) is 0 Å². The molecule has 0 spiro atoms. The van der Waals surface area contributed by atoms with Gasteiger partial charge in [0.2, 0.25) is 0 Å². The van der Waals surface area contributed by atoms with Crippen molar-refractivity contribution in [3.05, 3.63) is 0 Å². The van der Waals surface area contributed by atoms with E-state index in [1.807, 2.05) is 13.8 Å². The minimum absolute atomic E-state index is 0.225. The standard InChI is InChI=1S/C5H9N3/c1-3-4(2)7-8-5(3)6/h3-4,6H,1-2H3. The zero-order valence-electron chi connectivity index (χ0n) is 5.05. The summed E-state index contributed by atoms with van der Waals surface area (Å²) in [7, 11) is 0. The Balaban J connectivity index is 2.69. The smallest absolute Gasteiger partial charge is 0.148 e. The van der Waals surface area contributed by atoms with Gasteiger partial charge in [0.15, 0.2) is 0 Å². The second-order valence-electron chi connectivity index (χ2n) is 2.13. The van der Waals surface area contributed by atoms with Crippen LogP contribution in [0.2, 0.25) is 0 Å². The molecule has 2 atom stereocenters. The molecule has 1 N–H and O–H groups in total. The summed E-state index contributed by atoms with van der Waals surface area (Å²) in [6.07, 6.45) is 0. The van der Waals surface area contributed by atoms with Gasteiger partial charge >= 0.3 is 0 Å². The van der Waals surface area contributed by atoms with Gasteiger partial charge in [-0.25, -0.2) is 0 Å². The lowest BCUT2D eigenvalue weighted by Crippen LogP contribution is -2.11. The van der Waals surface area contributed by atoms with Crippen LogP contribution in [0.3, 0.4) is 0 Å². The molecule has 1 rings (SSSR count). The minimum atomic E-state index is 0.225. The molecule has 0 aromatic heterocycles. The molecule has 0 bridgehead atoms. The Labute approximate surface area is 48.3 Å². The van der Waals surface area contributed by atoms with Crippen LogP contribution in [0.1, 0.15) is 13.8 Å². The Bertz CT molecular complexity index is 139. The Morgan fingerprint density at radius 1 is 1.50 bits per heavy atom. The number of hydrogen-bond acceptors (Lipinski definition) is 2. The summed E-state index contributed by atoms with van der Waals surface area (Å²) >= 11 is 0. The molecule has 1 heterocycles. The van der Waals surface area contributed by atoms with Gasteiger partial charge in [0.1, 0.15) is 5.84 Å². The lowest BCUT2D eigenvalue weighted by molar-refractivity contribution is 0.634. The first-order valence-electron chi connectivity index (χ1n) is 2.71. The first-order chi connectivity index (χ1) is 3.72. The average molecular weight is 111 g/mol. The predicted molar refractivity (Wildman–Crippen MR) is 31.2 cm³/mol. The lowest BCUT2D eigenvalue weighted by Gasteiger charge is -2.01. The van der Waals surface area contributed by atoms with Gasteiger partial charge in [0, 0.05) is 5.92 Å². The van der Waals surface area contributed by atoms with E-state index in [2.05, 4.69) is 10.2 Å². The molecule has 3 heteroatoms. The fourth-order valence-electron chi connectivity index (χ4n) is 0.573. The summed E-state index contributed by atoms with van der Waals surface area (Å²) in [6, 6.07) is 0.225. The first-order valence-corrected chi connectivity index (χ1v) is 2.71. The zero-order chi connectivity index (χ0) is 6.15. The molecule has 2 unspecified atom stereocenters. The summed E-state index contributed by atoms with van der Waals surface area (Å²) in [5.41, 5.74) is 0. The van der Waals surface area contributed by atoms with Crippen LogP contribution in [0.25, 0.3) is 0 Å². The molecule has 0 radical (unpaired) electrons. The first kappa shape index (κ1) is 5.41. The van der Waals surface area contributed by atoms with Crippen molar-refractivity contribution in [2.24, 2.45) is 16.1 Å². The van der Waals surface area contributed by atoms with Gasteiger partial charge in [-0.1, -0.05) is 6.92 Å². The molecule has 44 valence electrons. The fourth-order valence-corrected chi connectivity index (χ4v) is 0.573. The maximum absolute atomic E-state index is 7.12. The molecule has 0 saturated heterocycles. The highest BCUT2D eigenvalue weighted by Crippen LogP contribution is 2.15. The van der Waals surface area contributed by atoms with Crippen LogP contribution in [-0.2, 0) is 0 Å². The molecule has 0 saturated carbocycles. The van der Waals surface area contributed by atoms with Crippen LogP contribution in [-0.4, -0.2) is 11.9 Å². The number of azo groups is 1. The molecule has 8 heavy (non-hydrogen) atoms. The number of hydrogen-bond donors (Lipinski definition) is 1. The number of amidine groups is 1. The van der Waals surface area contributed by atoms with E-state index in [1.165, 1.54) is 0 Å². The van der Waals surface area contributed by atoms with Crippen LogP contribution < -0.4 is 0 Å². The van der Waals surface area contributed by atoms with Crippen molar-refractivity contribution in [3.8, 4) is 0 Å². The maximum Gasteiger partial charge on any atom is 0.148 e. The Kier molecular flexibility index (Phi) is 1.12. The van der Waals surface area contributed by atoms with E-state index in [1.54, 1.807) is 0 Å². The third kappa shape index (κ3) is 0.638. The second kappa shape index (κ2) is 1.65. The van der Waals surface area contributed by atoms with Crippen molar-refractivity contribution in [1.82, 2.24) is 0 Å². The van der Waals surface area contributed by atoms with E-state index in [0.29, 0.717) is 5.84 Å². The highest BCUT2D eigenvalue weighted by atomic mass is 15.2.